The molecule has 0 radical (unpaired) electrons. The van der Waals surface area contributed by atoms with Crippen molar-refractivity contribution in [2.45, 2.75) is 77.4 Å². The number of carbonyl (C=O) groups excluding carboxylic acids is 2. The first-order valence-electron chi connectivity index (χ1n) is 17.5. The molecular weight excluding hydrogens is 641 g/mol. The summed E-state index contributed by atoms with van der Waals surface area (Å²) in [5, 5.41) is 10.8. The molecule has 11 heteroatoms. The van der Waals surface area contributed by atoms with E-state index in [1.54, 1.807) is 41.0 Å². The summed E-state index contributed by atoms with van der Waals surface area (Å²) in [4.78, 5) is 46.6. The van der Waals surface area contributed by atoms with E-state index in [1.165, 1.54) is 13.2 Å². The van der Waals surface area contributed by atoms with Crippen LogP contribution < -0.4 is 19.1 Å². The zero-order valence-corrected chi connectivity index (χ0v) is 29.2. The standard InChI is InChI=1S/C39H46FN3O7/c1-5-9-27(10-6-2)43(28-13-14-31(40)24(3)17-28)35(44)22-42-21-30(26-18-33(48-4)37-34(19-26)49-23-50-37)36(39(46)47)32(42)15-16-41-20-25-11-7-8-12-29(25)38(41)45/h7-8,11-14,17-19,27,30,32,36H,5-6,9-10,15-16,20-23H2,1-4H3,(H,46,47)/t30-,32+,36-/m1/s1. The van der Waals surface area contributed by atoms with Crippen molar-refractivity contribution in [2.75, 3.05) is 38.4 Å². The Hall–Kier alpha value is -4.64. The second-order valence-electron chi connectivity index (χ2n) is 13.5. The van der Waals surface area contributed by atoms with E-state index in [4.69, 9.17) is 14.2 Å². The molecule has 3 aromatic rings. The predicted molar refractivity (Wildman–Crippen MR) is 186 cm³/mol. The number of carbonyl (C=O) groups is 3. The van der Waals surface area contributed by atoms with Crippen molar-refractivity contribution >= 4 is 23.5 Å². The highest BCUT2D eigenvalue weighted by atomic mass is 19.1. The average Bonchev–Trinajstić information content (AvgIpc) is 3.81. The van der Waals surface area contributed by atoms with Crippen LogP contribution in [0.3, 0.4) is 0 Å². The van der Waals surface area contributed by atoms with E-state index >= 15 is 0 Å². The topological polar surface area (TPSA) is 109 Å². The molecule has 0 spiro atoms. The van der Waals surface area contributed by atoms with Crippen molar-refractivity contribution in [3.8, 4) is 17.2 Å². The van der Waals surface area contributed by atoms with Crippen LogP contribution in [-0.2, 0) is 16.1 Å². The molecule has 2 amide bonds. The van der Waals surface area contributed by atoms with Gasteiger partial charge in [0.15, 0.2) is 11.5 Å². The number of ether oxygens (including phenoxy) is 3. The molecule has 10 nitrogen and oxygen atoms in total. The normalized spacial score (nSPS) is 19.7. The van der Waals surface area contributed by atoms with Gasteiger partial charge in [0.1, 0.15) is 5.82 Å². The Labute approximate surface area is 292 Å². The van der Waals surface area contributed by atoms with Crippen molar-refractivity contribution < 1.29 is 38.1 Å². The number of aryl methyl sites for hydroxylation is 1. The minimum Gasteiger partial charge on any atom is -0.493 e. The number of halogens is 1. The Morgan fingerprint density at radius 1 is 1.08 bits per heavy atom. The van der Waals surface area contributed by atoms with Gasteiger partial charge in [-0.15, -0.1) is 0 Å². The molecule has 0 aliphatic carbocycles. The lowest BCUT2D eigenvalue weighted by atomic mass is 9.84. The van der Waals surface area contributed by atoms with E-state index in [0.29, 0.717) is 59.1 Å². The molecule has 3 aliphatic heterocycles. The SMILES string of the molecule is CCCC(CCC)N(C(=O)CN1C[C@H](c2cc(OC)c3c(c2)OCO3)[C@@H](C(=O)O)[C@@H]1CCN1Cc2ccccc2C1=O)c1ccc(F)c(C)c1. The molecular formula is C39H46FN3O7. The summed E-state index contributed by atoms with van der Waals surface area (Å²) in [6.45, 7) is 6.91. The molecule has 1 N–H and O–H groups in total. The third kappa shape index (κ3) is 6.88. The number of fused-ring (bicyclic) bond motifs is 2. The zero-order valence-electron chi connectivity index (χ0n) is 29.2. The Bertz CT molecular complexity index is 1740. The predicted octanol–water partition coefficient (Wildman–Crippen LogP) is 6.39. The van der Waals surface area contributed by atoms with Crippen LogP contribution >= 0.6 is 0 Å². The van der Waals surface area contributed by atoms with E-state index in [9.17, 15) is 23.9 Å². The van der Waals surface area contributed by atoms with E-state index in [-0.39, 0.29) is 43.6 Å². The Kier molecular flexibility index (Phi) is 10.6. The van der Waals surface area contributed by atoms with Crippen LogP contribution in [0, 0.1) is 18.7 Å². The minimum atomic E-state index is -0.983. The summed E-state index contributed by atoms with van der Waals surface area (Å²) < 4.78 is 31.3. The molecule has 266 valence electrons. The fraction of sp³-hybridized carbons (Fsp3) is 0.462. The van der Waals surface area contributed by atoms with Gasteiger partial charge < -0.3 is 29.1 Å². The van der Waals surface area contributed by atoms with Crippen LogP contribution in [0.5, 0.6) is 17.2 Å². The lowest BCUT2D eigenvalue weighted by molar-refractivity contribution is -0.143. The maximum atomic E-state index is 14.6. The second-order valence-corrected chi connectivity index (χ2v) is 13.5. The summed E-state index contributed by atoms with van der Waals surface area (Å²) in [7, 11) is 1.53. The molecule has 1 fully saturated rings. The maximum Gasteiger partial charge on any atom is 0.308 e. The van der Waals surface area contributed by atoms with Crippen LogP contribution in [0.25, 0.3) is 0 Å². The van der Waals surface area contributed by atoms with E-state index in [2.05, 4.69) is 13.8 Å². The Balaban J connectivity index is 1.35. The van der Waals surface area contributed by atoms with Gasteiger partial charge in [-0.3, -0.25) is 19.3 Å². The number of methoxy groups -OCH3 is 1. The zero-order chi connectivity index (χ0) is 35.5. The Morgan fingerprint density at radius 2 is 1.84 bits per heavy atom. The fourth-order valence-electron chi connectivity index (χ4n) is 7.99. The van der Waals surface area contributed by atoms with Crippen molar-refractivity contribution in [1.82, 2.24) is 9.80 Å². The summed E-state index contributed by atoms with van der Waals surface area (Å²) in [6, 6.07) is 15.2. The smallest absolute Gasteiger partial charge is 0.308 e. The van der Waals surface area contributed by atoms with E-state index < -0.39 is 23.8 Å². The maximum absolute atomic E-state index is 14.6. The van der Waals surface area contributed by atoms with Gasteiger partial charge in [-0.2, -0.15) is 0 Å². The van der Waals surface area contributed by atoms with Gasteiger partial charge in [0.25, 0.3) is 5.91 Å². The molecule has 3 aliphatic rings. The van der Waals surface area contributed by atoms with Crippen LogP contribution in [0.15, 0.2) is 54.6 Å². The number of hydrogen-bond donors (Lipinski definition) is 1. The van der Waals surface area contributed by atoms with Crippen LogP contribution in [0.1, 0.15) is 78.9 Å². The quantitative estimate of drug-likeness (QED) is 0.208. The highest BCUT2D eigenvalue weighted by Gasteiger charge is 2.48. The first kappa shape index (κ1) is 35.2. The summed E-state index contributed by atoms with van der Waals surface area (Å²) in [5.74, 6) is -1.58. The molecule has 0 bridgehead atoms. The number of nitrogens with zero attached hydrogens (tertiary/aromatic N) is 3. The average molecular weight is 688 g/mol. The third-order valence-corrected chi connectivity index (χ3v) is 10.4. The largest absolute Gasteiger partial charge is 0.493 e. The summed E-state index contributed by atoms with van der Waals surface area (Å²) >= 11 is 0. The third-order valence-electron chi connectivity index (χ3n) is 10.4. The molecule has 3 aromatic carbocycles. The van der Waals surface area contributed by atoms with Crippen molar-refractivity contribution in [3.05, 3.63) is 82.7 Å². The molecule has 0 saturated carbocycles. The summed E-state index contributed by atoms with van der Waals surface area (Å²) in [6.07, 6.45) is 3.62. The highest BCUT2D eigenvalue weighted by molar-refractivity contribution is 5.98. The Morgan fingerprint density at radius 3 is 2.52 bits per heavy atom. The highest BCUT2D eigenvalue weighted by Crippen LogP contribution is 2.47. The van der Waals surface area contributed by atoms with Gasteiger partial charge in [-0.1, -0.05) is 44.9 Å². The number of hydrogen-bond acceptors (Lipinski definition) is 7. The van der Waals surface area contributed by atoms with Gasteiger partial charge in [-0.25, -0.2) is 4.39 Å². The lowest BCUT2D eigenvalue weighted by Gasteiger charge is -2.35. The number of rotatable bonds is 14. The molecule has 50 heavy (non-hydrogen) atoms. The lowest BCUT2D eigenvalue weighted by Crippen LogP contribution is -2.48. The number of anilines is 1. The number of benzene rings is 3. The number of carboxylic acid groups (broad SMARTS) is 1. The number of carboxylic acids is 1. The monoisotopic (exact) mass is 687 g/mol. The number of aliphatic carboxylic acids is 1. The summed E-state index contributed by atoms with van der Waals surface area (Å²) in [5.41, 5.74) is 3.39. The molecule has 0 aromatic heterocycles. The van der Waals surface area contributed by atoms with Crippen LogP contribution in [0.4, 0.5) is 10.1 Å². The molecule has 0 unspecified atom stereocenters. The fourth-order valence-corrected chi connectivity index (χ4v) is 7.99. The molecule has 1 saturated heterocycles. The van der Waals surface area contributed by atoms with Crippen molar-refractivity contribution in [2.24, 2.45) is 5.92 Å². The minimum absolute atomic E-state index is 0.0348. The molecule has 6 rings (SSSR count). The van der Waals surface area contributed by atoms with Crippen LogP contribution in [-0.4, -0.2) is 78.3 Å². The number of likely N-dealkylation sites (tertiary alicyclic amines) is 1. The first-order chi connectivity index (χ1) is 24.1. The van der Waals surface area contributed by atoms with Gasteiger partial charge in [0.05, 0.1) is 19.6 Å². The molecule has 3 heterocycles. The first-order valence-corrected chi connectivity index (χ1v) is 17.5. The van der Waals surface area contributed by atoms with Gasteiger partial charge in [0.2, 0.25) is 18.4 Å². The van der Waals surface area contributed by atoms with E-state index in [0.717, 1.165) is 31.2 Å². The van der Waals surface area contributed by atoms with Gasteiger partial charge >= 0.3 is 5.97 Å². The van der Waals surface area contributed by atoms with E-state index in [1.807, 2.05) is 29.2 Å². The van der Waals surface area contributed by atoms with Crippen molar-refractivity contribution in [3.63, 3.8) is 0 Å². The second kappa shape index (κ2) is 15.1. The van der Waals surface area contributed by atoms with Gasteiger partial charge in [-0.05, 0) is 79.3 Å². The van der Waals surface area contributed by atoms with Gasteiger partial charge in [0, 0.05) is 48.9 Å². The number of amides is 2. The molecule has 3 atom stereocenters. The van der Waals surface area contributed by atoms with Crippen LogP contribution in [0.2, 0.25) is 0 Å². The van der Waals surface area contributed by atoms with Crippen molar-refractivity contribution in [1.29, 1.82) is 0 Å².